The smallest absolute Gasteiger partial charge is 0.141 e. The van der Waals surface area contributed by atoms with Gasteiger partial charge in [0.2, 0.25) is 0 Å². The van der Waals surface area contributed by atoms with Gasteiger partial charge in [-0.3, -0.25) is 0 Å². The zero-order chi connectivity index (χ0) is 23.3. The highest BCUT2D eigenvalue weighted by molar-refractivity contribution is 5.95. The van der Waals surface area contributed by atoms with Crippen LogP contribution in [0.1, 0.15) is 35.8 Å². The molecule has 5 nitrogen and oxygen atoms in total. The molecule has 34 heavy (non-hydrogen) atoms. The number of hydrogen-bond acceptors (Lipinski definition) is 5. The fourth-order valence-corrected chi connectivity index (χ4v) is 4.47. The van der Waals surface area contributed by atoms with E-state index in [9.17, 15) is 5.26 Å². The van der Waals surface area contributed by atoms with E-state index in [1.807, 2.05) is 60.7 Å². The summed E-state index contributed by atoms with van der Waals surface area (Å²) in [6.45, 7) is 1.15. The molecule has 2 heterocycles. The third-order valence-corrected chi connectivity index (χ3v) is 6.28. The average molecular weight is 451 g/mol. The van der Waals surface area contributed by atoms with Crippen molar-refractivity contribution in [1.82, 2.24) is 4.98 Å². The molecule has 1 saturated heterocycles. The zero-order valence-corrected chi connectivity index (χ0v) is 19.1. The van der Waals surface area contributed by atoms with Gasteiger partial charge < -0.3 is 14.2 Å². The molecule has 3 aromatic carbocycles. The molecule has 1 aliphatic heterocycles. The molecular formula is C29H26N2O3. The first-order chi connectivity index (χ1) is 16.7. The summed E-state index contributed by atoms with van der Waals surface area (Å²) in [5.41, 5.74) is 5.39. The summed E-state index contributed by atoms with van der Waals surface area (Å²) in [6, 6.07) is 28.3. The van der Waals surface area contributed by atoms with Crippen LogP contribution in [0.3, 0.4) is 0 Å². The Balaban J connectivity index is 1.36. The molecule has 0 aliphatic carbocycles. The summed E-state index contributed by atoms with van der Waals surface area (Å²) >= 11 is 0. The van der Waals surface area contributed by atoms with Gasteiger partial charge in [-0.1, -0.05) is 48.5 Å². The summed E-state index contributed by atoms with van der Waals surface area (Å²) in [5.74, 6) is 0.716. The number of methoxy groups -OCH3 is 1. The Hall–Kier alpha value is -3.72. The fourth-order valence-electron chi connectivity index (χ4n) is 4.47. The molecule has 0 spiro atoms. The standard InChI is InChI=1S/C29H26N2O3/c1-32-24-12-13-33-29(17-24)22-9-5-6-20(14-22)19-34-25-10-11-26-27(21-7-3-2-4-8-21)15-23(18-30)31-28(26)16-25/h2-11,14-16,24,29H,12-13,17,19H2,1H3. The lowest BCUT2D eigenvalue weighted by Gasteiger charge is -2.29. The predicted molar refractivity (Wildman–Crippen MR) is 131 cm³/mol. The van der Waals surface area contributed by atoms with Gasteiger partial charge >= 0.3 is 0 Å². The molecule has 0 N–H and O–H groups in total. The van der Waals surface area contributed by atoms with E-state index in [-0.39, 0.29) is 12.2 Å². The van der Waals surface area contributed by atoms with Gasteiger partial charge in [-0.2, -0.15) is 5.26 Å². The van der Waals surface area contributed by atoms with Gasteiger partial charge in [-0.25, -0.2) is 4.98 Å². The first-order valence-electron chi connectivity index (χ1n) is 11.5. The van der Waals surface area contributed by atoms with Gasteiger partial charge in [0.25, 0.3) is 0 Å². The number of fused-ring (bicyclic) bond motifs is 1. The fraction of sp³-hybridized carbons (Fsp3) is 0.241. The normalized spacial score (nSPS) is 17.9. The van der Waals surface area contributed by atoms with Gasteiger partial charge in [0, 0.05) is 31.6 Å². The third kappa shape index (κ3) is 4.79. The van der Waals surface area contributed by atoms with Gasteiger partial charge in [-0.15, -0.1) is 0 Å². The van der Waals surface area contributed by atoms with Crippen molar-refractivity contribution >= 4 is 10.9 Å². The highest BCUT2D eigenvalue weighted by Gasteiger charge is 2.23. The number of rotatable bonds is 6. The SMILES string of the molecule is COC1CCOC(c2cccc(COc3ccc4c(-c5ccccc5)cc(C#N)nc4c3)c2)C1. The van der Waals surface area contributed by atoms with Crippen molar-refractivity contribution in [3.63, 3.8) is 0 Å². The van der Waals surface area contributed by atoms with Crippen molar-refractivity contribution < 1.29 is 14.2 Å². The second kappa shape index (κ2) is 10.0. The molecule has 4 aromatic rings. The molecule has 1 aliphatic rings. The minimum atomic E-state index is 0.0457. The predicted octanol–water partition coefficient (Wildman–Crippen LogP) is 6.22. The van der Waals surface area contributed by atoms with E-state index in [4.69, 9.17) is 14.2 Å². The Bertz CT molecular complexity index is 1330. The van der Waals surface area contributed by atoms with Gasteiger partial charge in [-0.05, 0) is 52.9 Å². The van der Waals surface area contributed by atoms with Crippen LogP contribution in [0.4, 0.5) is 0 Å². The van der Waals surface area contributed by atoms with Crippen LogP contribution in [0, 0.1) is 11.3 Å². The van der Waals surface area contributed by atoms with E-state index in [0.717, 1.165) is 46.0 Å². The van der Waals surface area contributed by atoms with E-state index in [0.29, 0.717) is 24.7 Å². The number of aromatic nitrogens is 1. The maximum absolute atomic E-state index is 9.49. The highest BCUT2D eigenvalue weighted by Crippen LogP contribution is 2.32. The lowest BCUT2D eigenvalue weighted by Crippen LogP contribution is -2.25. The molecule has 0 amide bonds. The van der Waals surface area contributed by atoms with Crippen LogP contribution in [-0.2, 0) is 16.1 Å². The molecule has 2 atom stereocenters. The second-order valence-corrected chi connectivity index (χ2v) is 8.49. The monoisotopic (exact) mass is 450 g/mol. The van der Waals surface area contributed by atoms with Crippen molar-refractivity contribution in [3.8, 4) is 22.9 Å². The Morgan fingerprint density at radius 1 is 1.03 bits per heavy atom. The lowest BCUT2D eigenvalue weighted by molar-refractivity contribution is -0.0599. The van der Waals surface area contributed by atoms with Crippen LogP contribution in [0.5, 0.6) is 5.75 Å². The number of benzene rings is 3. The molecule has 0 radical (unpaired) electrons. The minimum absolute atomic E-state index is 0.0457. The van der Waals surface area contributed by atoms with E-state index < -0.39 is 0 Å². The molecule has 2 unspecified atom stereocenters. The number of hydrogen-bond donors (Lipinski definition) is 0. The summed E-state index contributed by atoms with van der Waals surface area (Å²) < 4.78 is 17.6. The molecular weight excluding hydrogens is 424 g/mol. The molecule has 170 valence electrons. The van der Waals surface area contributed by atoms with Crippen LogP contribution in [0.25, 0.3) is 22.0 Å². The number of ether oxygens (including phenoxy) is 3. The molecule has 0 bridgehead atoms. The van der Waals surface area contributed by atoms with Crippen LogP contribution >= 0.6 is 0 Å². The van der Waals surface area contributed by atoms with Crippen LogP contribution < -0.4 is 4.74 Å². The number of nitriles is 1. The number of nitrogens with zero attached hydrogens (tertiary/aromatic N) is 2. The van der Waals surface area contributed by atoms with Crippen LogP contribution in [0.15, 0.2) is 78.9 Å². The van der Waals surface area contributed by atoms with Crippen LogP contribution in [-0.4, -0.2) is 24.8 Å². The van der Waals surface area contributed by atoms with Crippen molar-refractivity contribution in [3.05, 3.63) is 95.7 Å². The topological polar surface area (TPSA) is 64.4 Å². The van der Waals surface area contributed by atoms with Gasteiger partial charge in [0.1, 0.15) is 24.1 Å². The van der Waals surface area contributed by atoms with E-state index in [1.165, 1.54) is 0 Å². The minimum Gasteiger partial charge on any atom is -0.489 e. The maximum atomic E-state index is 9.49. The summed E-state index contributed by atoms with van der Waals surface area (Å²) in [6.07, 6.45) is 2.08. The first kappa shape index (κ1) is 22.1. The first-order valence-corrected chi connectivity index (χ1v) is 11.5. The average Bonchev–Trinajstić information content (AvgIpc) is 2.91. The molecule has 5 rings (SSSR count). The van der Waals surface area contributed by atoms with Crippen molar-refractivity contribution in [2.24, 2.45) is 0 Å². The molecule has 1 aromatic heterocycles. The Morgan fingerprint density at radius 3 is 2.74 bits per heavy atom. The summed E-state index contributed by atoms with van der Waals surface area (Å²) in [5, 5.41) is 10.5. The summed E-state index contributed by atoms with van der Waals surface area (Å²) in [7, 11) is 1.76. The number of pyridine rings is 1. The highest BCUT2D eigenvalue weighted by atomic mass is 16.5. The second-order valence-electron chi connectivity index (χ2n) is 8.49. The van der Waals surface area contributed by atoms with Crippen molar-refractivity contribution in [2.75, 3.05) is 13.7 Å². The van der Waals surface area contributed by atoms with Gasteiger partial charge in [0.05, 0.1) is 17.7 Å². The largest absolute Gasteiger partial charge is 0.489 e. The van der Waals surface area contributed by atoms with E-state index in [1.54, 1.807) is 7.11 Å². The van der Waals surface area contributed by atoms with E-state index in [2.05, 4.69) is 29.3 Å². The summed E-state index contributed by atoms with van der Waals surface area (Å²) in [4.78, 5) is 4.52. The molecule has 1 fully saturated rings. The molecule has 0 saturated carbocycles. The zero-order valence-electron chi connectivity index (χ0n) is 19.1. The molecule has 5 heteroatoms. The Morgan fingerprint density at radius 2 is 1.91 bits per heavy atom. The van der Waals surface area contributed by atoms with Crippen LogP contribution in [0.2, 0.25) is 0 Å². The van der Waals surface area contributed by atoms with Gasteiger partial charge in [0.15, 0.2) is 0 Å². The maximum Gasteiger partial charge on any atom is 0.141 e. The Kier molecular flexibility index (Phi) is 6.53. The quantitative estimate of drug-likeness (QED) is 0.349. The van der Waals surface area contributed by atoms with Crippen molar-refractivity contribution in [1.29, 1.82) is 5.26 Å². The van der Waals surface area contributed by atoms with Crippen molar-refractivity contribution in [2.45, 2.75) is 31.7 Å². The Labute approximate surface area is 199 Å². The third-order valence-electron chi connectivity index (χ3n) is 6.28. The van der Waals surface area contributed by atoms with E-state index >= 15 is 0 Å². The lowest BCUT2D eigenvalue weighted by atomic mass is 9.98.